The Hall–Kier alpha value is -1.18. The largest absolute Gasteiger partial charge is 0.454 e. The van der Waals surface area contributed by atoms with Crippen molar-refractivity contribution in [2.45, 2.75) is 37.5 Å². The lowest BCUT2D eigenvalue weighted by Crippen LogP contribution is -2.34. The van der Waals surface area contributed by atoms with E-state index >= 15 is 0 Å². The van der Waals surface area contributed by atoms with Gasteiger partial charge in [-0.25, -0.2) is 0 Å². The summed E-state index contributed by atoms with van der Waals surface area (Å²) in [4.78, 5) is 4.29. The molecule has 1 heterocycles. The average molecular weight is 403 g/mol. The summed E-state index contributed by atoms with van der Waals surface area (Å²) in [6.07, 6.45) is 5.95. The van der Waals surface area contributed by atoms with E-state index in [4.69, 9.17) is 20.9 Å². The minimum absolute atomic E-state index is 0. The van der Waals surface area contributed by atoms with Crippen LogP contribution in [0.4, 0.5) is 0 Å². The van der Waals surface area contributed by atoms with Crippen molar-refractivity contribution in [3.05, 3.63) is 23.8 Å². The molecule has 1 aromatic rings. The number of nitrogens with zero attached hydrogens (tertiary/aromatic N) is 1. The Balaban J connectivity index is 0.00000161. The van der Waals surface area contributed by atoms with Crippen LogP contribution in [-0.2, 0) is 5.41 Å². The van der Waals surface area contributed by atoms with Gasteiger partial charge in [0.2, 0.25) is 6.79 Å². The molecule has 0 aromatic heterocycles. The number of guanidine groups is 1. The van der Waals surface area contributed by atoms with Crippen molar-refractivity contribution < 1.29 is 9.47 Å². The fourth-order valence-corrected chi connectivity index (χ4v) is 3.24. The first kappa shape index (κ1) is 16.2. The zero-order chi connectivity index (χ0) is 14.0. The number of hydrogen-bond acceptors (Lipinski definition) is 3. The second-order valence-corrected chi connectivity index (χ2v) is 5.65. The number of fused-ring (bicyclic) bond motifs is 1. The average Bonchev–Trinajstić information content (AvgIpc) is 2.93. The molecule has 0 radical (unpaired) electrons. The maximum Gasteiger partial charge on any atom is 0.231 e. The molecule has 0 unspecified atom stereocenters. The van der Waals surface area contributed by atoms with Crippen LogP contribution >= 0.6 is 24.0 Å². The van der Waals surface area contributed by atoms with Gasteiger partial charge in [0, 0.05) is 5.41 Å². The molecule has 1 fully saturated rings. The van der Waals surface area contributed by atoms with E-state index in [1.54, 1.807) is 0 Å². The van der Waals surface area contributed by atoms with Crippen molar-refractivity contribution in [1.82, 2.24) is 0 Å². The van der Waals surface area contributed by atoms with Crippen LogP contribution in [0.15, 0.2) is 23.2 Å². The summed E-state index contributed by atoms with van der Waals surface area (Å²) in [5.41, 5.74) is 12.3. The second-order valence-electron chi connectivity index (χ2n) is 5.65. The van der Waals surface area contributed by atoms with Gasteiger partial charge in [-0.05, 0) is 30.5 Å². The van der Waals surface area contributed by atoms with Gasteiger partial charge in [-0.15, -0.1) is 24.0 Å². The lowest BCUT2D eigenvalue weighted by Gasteiger charge is -2.36. The van der Waals surface area contributed by atoms with E-state index in [0.717, 1.165) is 24.3 Å². The number of nitrogens with two attached hydrogens (primary N) is 2. The van der Waals surface area contributed by atoms with Crippen molar-refractivity contribution in [2.24, 2.45) is 16.5 Å². The van der Waals surface area contributed by atoms with E-state index in [-0.39, 0.29) is 35.4 Å². The Morgan fingerprint density at radius 3 is 2.52 bits per heavy atom. The molecular weight excluding hydrogens is 381 g/mol. The predicted molar refractivity (Wildman–Crippen MR) is 93.4 cm³/mol. The summed E-state index contributed by atoms with van der Waals surface area (Å²) in [6, 6.07) is 6.21. The maximum absolute atomic E-state index is 5.52. The molecule has 21 heavy (non-hydrogen) atoms. The molecule has 6 heteroatoms. The van der Waals surface area contributed by atoms with Crippen LogP contribution in [0.2, 0.25) is 0 Å². The van der Waals surface area contributed by atoms with Crippen LogP contribution < -0.4 is 20.9 Å². The molecule has 4 N–H and O–H groups in total. The van der Waals surface area contributed by atoms with E-state index in [9.17, 15) is 0 Å². The zero-order valence-electron chi connectivity index (χ0n) is 12.0. The van der Waals surface area contributed by atoms with E-state index < -0.39 is 0 Å². The SMILES string of the molecule is I.NC(N)=NCC1(c2ccc3c(c2)OCO3)CCCCC1. The van der Waals surface area contributed by atoms with E-state index in [2.05, 4.69) is 17.1 Å². The molecule has 116 valence electrons. The molecule has 1 aliphatic heterocycles. The molecule has 0 bridgehead atoms. The Kier molecular flexibility index (Phi) is 5.18. The zero-order valence-corrected chi connectivity index (χ0v) is 14.3. The lowest BCUT2D eigenvalue weighted by molar-refractivity contribution is 0.174. The second kappa shape index (κ2) is 6.72. The molecule has 1 aromatic carbocycles. The van der Waals surface area contributed by atoms with Gasteiger partial charge in [-0.3, -0.25) is 4.99 Å². The van der Waals surface area contributed by atoms with Gasteiger partial charge < -0.3 is 20.9 Å². The fraction of sp³-hybridized carbons (Fsp3) is 0.533. The Morgan fingerprint density at radius 1 is 1.10 bits per heavy atom. The molecule has 5 nitrogen and oxygen atoms in total. The first-order valence-electron chi connectivity index (χ1n) is 7.15. The Bertz CT molecular complexity index is 524. The molecule has 0 amide bonds. The minimum atomic E-state index is 0. The molecular formula is C15H22IN3O2. The van der Waals surface area contributed by atoms with Gasteiger partial charge in [0.25, 0.3) is 0 Å². The monoisotopic (exact) mass is 403 g/mol. The highest BCUT2D eigenvalue weighted by molar-refractivity contribution is 14.0. The number of aliphatic imine (C=N–C) groups is 1. The number of halogens is 1. The summed E-state index contributed by atoms with van der Waals surface area (Å²) in [5, 5.41) is 0. The van der Waals surface area contributed by atoms with Crippen molar-refractivity contribution >= 4 is 29.9 Å². The highest BCUT2D eigenvalue weighted by atomic mass is 127. The lowest BCUT2D eigenvalue weighted by atomic mass is 9.69. The third kappa shape index (κ3) is 3.36. The molecule has 3 rings (SSSR count). The maximum atomic E-state index is 5.52. The molecule has 1 aliphatic carbocycles. The van der Waals surface area contributed by atoms with Crippen molar-refractivity contribution in [3.8, 4) is 11.5 Å². The van der Waals surface area contributed by atoms with Crippen molar-refractivity contribution in [2.75, 3.05) is 13.3 Å². The standard InChI is InChI=1S/C15H21N3O2.HI/c16-14(17)18-9-15(6-2-1-3-7-15)11-4-5-12-13(8-11)20-10-19-12;/h4-5,8H,1-3,6-7,9-10H2,(H4,16,17,18);1H. The van der Waals surface area contributed by atoms with Crippen LogP contribution in [-0.4, -0.2) is 19.3 Å². The van der Waals surface area contributed by atoms with E-state index in [1.165, 1.54) is 24.8 Å². The van der Waals surface area contributed by atoms with Gasteiger partial charge in [0.05, 0.1) is 6.54 Å². The van der Waals surface area contributed by atoms with Gasteiger partial charge in [-0.2, -0.15) is 0 Å². The first-order valence-corrected chi connectivity index (χ1v) is 7.15. The van der Waals surface area contributed by atoms with Crippen LogP contribution in [0.5, 0.6) is 11.5 Å². The first-order chi connectivity index (χ1) is 9.70. The molecule has 0 atom stereocenters. The van der Waals surface area contributed by atoms with Crippen LogP contribution in [0.3, 0.4) is 0 Å². The van der Waals surface area contributed by atoms with Crippen LogP contribution in [0.25, 0.3) is 0 Å². The topological polar surface area (TPSA) is 82.9 Å². The summed E-state index contributed by atoms with van der Waals surface area (Å²) >= 11 is 0. The predicted octanol–water partition coefficient (Wildman–Crippen LogP) is 2.51. The minimum Gasteiger partial charge on any atom is -0.454 e. The van der Waals surface area contributed by atoms with Gasteiger partial charge in [0.1, 0.15) is 0 Å². The quantitative estimate of drug-likeness (QED) is 0.462. The van der Waals surface area contributed by atoms with Gasteiger partial charge >= 0.3 is 0 Å². The summed E-state index contributed by atoms with van der Waals surface area (Å²) < 4.78 is 10.9. The van der Waals surface area contributed by atoms with E-state index in [1.807, 2.05) is 6.07 Å². The molecule has 2 aliphatic rings. The number of ether oxygens (including phenoxy) is 2. The fourth-order valence-electron chi connectivity index (χ4n) is 3.24. The third-order valence-corrected chi connectivity index (χ3v) is 4.36. The van der Waals surface area contributed by atoms with Gasteiger partial charge in [-0.1, -0.05) is 25.3 Å². The van der Waals surface area contributed by atoms with Crippen molar-refractivity contribution in [3.63, 3.8) is 0 Å². The summed E-state index contributed by atoms with van der Waals surface area (Å²) in [6.45, 7) is 0.953. The smallest absolute Gasteiger partial charge is 0.231 e. The Morgan fingerprint density at radius 2 is 1.81 bits per heavy atom. The number of rotatable bonds is 3. The normalized spacial score (nSPS) is 18.7. The van der Waals surface area contributed by atoms with Gasteiger partial charge in [0.15, 0.2) is 17.5 Å². The van der Waals surface area contributed by atoms with E-state index in [0.29, 0.717) is 13.3 Å². The molecule has 1 saturated carbocycles. The number of benzene rings is 1. The highest BCUT2D eigenvalue weighted by Crippen LogP contribution is 2.43. The third-order valence-electron chi connectivity index (χ3n) is 4.36. The van der Waals surface area contributed by atoms with Crippen LogP contribution in [0, 0.1) is 0 Å². The summed E-state index contributed by atoms with van der Waals surface area (Å²) in [7, 11) is 0. The molecule has 0 saturated heterocycles. The Labute approximate surface area is 142 Å². The number of hydrogen-bond donors (Lipinski definition) is 2. The molecule has 0 spiro atoms. The summed E-state index contributed by atoms with van der Waals surface area (Å²) in [5.74, 6) is 1.81. The highest BCUT2D eigenvalue weighted by Gasteiger charge is 2.35. The van der Waals surface area contributed by atoms with Crippen molar-refractivity contribution in [1.29, 1.82) is 0 Å². The van der Waals surface area contributed by atoms with Crippen LogP contribution in [0.1, 0.15) is 37.7 Å².